The number of benzene rings is 1. The van der Waals surface area contributed by atoms with Gasteiger partial charge in [0.25, 0.3) is 0 Å². The Morgan fingerprint density at radius 2 is 1.84 bits per heavy atom. The largest absolute Gasteiger partial charge is 0.325 e. The fraction of sp³-hybridized carbons (Fsp3) is 0.522. The number of hydrogen-bond acceptors (Lipinski definition) is 5. The number of thiophene rings is 1. The van der Waals surface area contributed by atoms with Crippen LogP contribution < -0.4 is 5.32 Å². The van der Waals surface area contributed by atoms with Crippen LogP contribution in [-0.4, -0.2) is 49.2 Å². The van der Waals surface area contributed by atoms with Crippen LogP contribution in [0, 0.1) is 13.8 Å². The predicted octanol–water partition coefficient (Wildman–Crippen LogP) is 4.39. The lowest BCUT2D eigenvalue weighted by Crippen LogP contribution is -2.37. The molecule has 1 aromatic heterocycles. The third-order valence-corrected chi connectivity index (χ3v) is 8.55. The molecule has 0 spiro atoms. The summed E-state index contributed by atoms with van der Waals surface area (Å²) in [6.07, 6.45) is 2.85. The zero-order chi connectivity index (χ0) is 22.6. The normalized spacial score (nSPS) is 15.5. The molecule has 31 heavy (non-hydrogen) atoms. The minimum atomic E-state index is -3.54. The summed E-state index contributed by atoms with van der Waals surface area (Å²) in [5, 5.41) is 2.94. The molecule has 8 heteroatoms. The third-order valence-electron chi connectivity index (χ3n) is 5.67. The summed E-state index contributed by atoms with van der Waals surface area (Å²) in [6, 6.07) is 9.40. The van der Waals surface area contributed by atoms with Crippen molar-refractivity contribution in [2.45, 2.75) is 64.4 Å². The first-order valence-electron chi connectivity index (χ1n) is 10.9. The summed E-state index contributed by atoms with van der Waals surface area (Å²) in [5.41, 5.74) is 1.40. The van der Waals surface area contributed by atoms with E-state index in [-0.39, 0.29) is 23.4 Å². The molecule has 0 unspecified atom stereocenters. The summed E-state index contributed by atoms with van der Waals surface area (Å²) < 4.78 is 27.6. The number of hydrogen-bond donors (Lipinski definition) is 1. The average molecular weight is 464 g/mol. The van der Waals surface area contributed by atoms with Gasteiger partial charge in [0.05, 0.1) is 11.4 Å². The van der Waals surface area contributed by atoms with Crippen LogP contribution in [0.3, 0.4) is 0 Å². The Balaban J connectivity index is 1.72. The molecular weight excluding hydrogens is 430 g/mol. The first-order chi connectivity index (χ1) is 14.7. The van der Waals surface area contributed by atoms with Crippen molar-refractivity contribution in [3.63, 3.8) is 0 Å². The van der Waals surface area contributed by atoms with Crippen molar-refractivity contribution in [1.29, 1.82) is 0 Å². The molecule has 1 saturated heterocycles. The van der Waals surface area contributed by atoms with Gasteiger partial charge in [-0.3, -0.25) is 9.69 Å². The minimum Gasteiger partial charge on any atom is -0.325 e. The number of sulfonamides is 1. The topological polar surface area (TPSA) is 69.7 Å². The molecule has 170 valence electrons. The molecule has 1 amide bonds. The maximum Gasteiger partial charge on any atom is 0.243 e. The second-order valence-electron chi connectivity index (χ2n) is 8.50. The van der Waals surface area contributed by atoms with Gasteiger partial charge in [-0.2, -0.15) is 4.31 Å². The van der Waals surface area contributed by atoms with Crippen LogP contribution in [0.4, 0.5) is 5.69 Å². The molecule has 1 aliphatic heterocycles. The van der Waals surface area contributed by atoms with Gasteiger partial charge in [-0.1, -0.05) is 12.5 Å². The van der Waals surface area contributed by atoms with Crippen molar-refractivity contribution in [1.82, 2.24) is 9.21 Å². The standard InChI is InChI=1S/C23H33N3O3S2/c1-17(2)25(15-20-10-9-19(4)30-20)16-23(27)24-22-14-21(11-8-18(22)3)31(28,29)26-12-6-5-7-13-26/h8-11,14,17H,5-7,12-13,15-16H2,1-4H3,(H,24,27). The van der Waals surface area contributed by atoms with Crippen LogP contribution in [0.1, 0.15) is 48.4 Å². The third kappa shape index (κ3) is 6.16. The van der Waals surface area contributed by atoms with E-state index in [1.165, 1.54) is 9.75 Å². The predicted molar refractivity (Wildman–Crippen MR) is 127 cm³/mol. The molecule has 1 aliphatic rings. The van der Waals surface area contributed by atoms with Gasteiger partial charge in [0, 0.05) is 41.1 Å². The maximum absolute atomic E-state index is 13.0. The zero-order valence-electron chi connectivity index (χ0n) is 18.8. The molecule has 6 nitrogen and oxygen atoms in total. The van der Waals surface area contributed by atoms with Crippen LogP contribution in [-0.2, 0) is 21.4 Å². The summed E-state index contributed by atoms with van der Waals surface area (Å²) in [6.45, 7) is 10.2. The van der Waals surface area contributed by atoms with Crippen LogP contribution in [0.2, 0.25) is 0 Å². The first-order valence-corrected chi connectivity index (χ1v) is 13.1. The quantitative estimate of drug-likeness (QED) is 0.630. The van der Waals surface area contributed by atoms with Crippen molar-refractivity contribution in [3.8, 4) is 0 Å². The van der Waals surface area contributed by atoms with Gasteiger partial charge in [0.2, 0.25) is 15.9 Å². The zero-order valence-corrected chi connectivity index (χ0v) is 20.5. The van der Waals surface area contributed by atoms with E-state index in [0.717, 1.165) is 24.8 Å². The van der Waals surface area contributed by atoms with Gasteiger partial charge >= 0.3 is 0 Å². The molecule has 0 aliphatic carbocycles. The first kappa shape index (κ1) is 23.9. The number of piperidine rings is 1. The molecule has 0 bridgehead atoms. The summed E-state index contributed by atoms with van der Waals surface area (Å²) in [7, 11) is -3.54. The number of rotatable bonds is 8. The molecule has 1 fully saturated rings. The number of nitrogens with zero attached hydrogens (tertiary/aromatic N) is 2. The van der Waals surface area contributed by atoms with Crippen LogP contribution >= 0.6 is 11.3 Å². The Labute approximate surface area is 190 Å². The van der Waals surface area contributed by atoms with Gasteiger partial charge in [-0.15, -0.1) is 11.3 Å². The van der Waals surface area contributed by atoms with Crippen molar-refractivity contribution in [2.75, 3.05) is 25.0 Å². The lowest BCUT2D eigenvalue weighted by molar-refractivity contribution is -0.117. The Bertz CT molecular complexity index is 1010. The summed E-state index contributed by atoms with van der Waals surface area (Å²) >= 11 is 1.74. The number of carbonyl (C=O) groups is 1. The second-order valence-corrected chi connectivity index (χ2v) is 11.8. The van der Waals surface area contributed by atoms with Crippen molar-refractivity contribution in [2.24, 2.45) is 0 Å². The van der Waals surface area contributed by atoms with Crippen molar-refractivity contribution >= 4 is 33.0 Å². The monoisotopic (exact) mass is 463 g/mol. The average Bonchev–Trinajstić information content (AvgIpc) is 3.14. The molecule has 2 heterocycles. The van der Waals surface area contributed by atoms with Gasteiger partial charge in [0.15, 0.2) is 0 Å². The SMILES string of the molecule is Cc1ccc(CN(CC(=O)Nc2cc(S(=O)(=O)N3CCCCC3)ccc2C)C(C)C)s1. The van der Waals surface area contributed by atoms with Crippen molar-refractivity contribution < 1.29 is 13.2 Å². The van der Waals surface area contributed by atoms with E-state index in [4.69, 9.17) is 0 Å². The molecule has 0 radical (unpaired) electrons. The fourth-order valence-corrected chi connectivity index (χ4v) is 6.18. The van der Waals surface area contributed by atoms with Crippen LogP contribution in [0.15, 0.2) is 35.2 Å². The van der Waals surface area contributed by atoms with E-state index < -0.39 is 10.0 Å². The minimum absolute atomic E-state index is 0.141. The number of amides is 1. The summed E-state index contributed by atoms with van der Waals surface area (Å²) in [5.74, 6) is -0.141. The lowest BCUT2D eigenvalue weighted by atomic mass is 10.2. The van der Waals surface area contributed by atoms with E-state index in [1.807, 2.05) is 6.92 Å². The molecular formula is C23H33N3O3S2. The molecule has 1 aromatic carbocycles. The van der Waals surface area contributed by atoms with Gasteiger partial charge in [0.1, 0.15) is 0 Å². The van der Waals surface area contributed by atoms with E-state index >= 15 is 0 Å². The number of nitrogens with one attached hydrogen (secondary N) is 1. The summed E-state index contributed by atoms with van der Waals surface area (Å²) in [4.78, 5) is 17.7. The Kier molecular flexibility index (Phi) is 7.91. The lowest BCUT2D eigenvalue weighted by Gasteiger charge is -2.26. The van der Waals surface area contributed by atoms with Gasteiger partial charge in [-0.25, -0.2) is 8.42 Å². The van der Waals surface area contributed by atoms with Gasteiger partial charge < -0.3 is 5.32 Å². The van der Waals surface area contributed by atoms with Crippen LogP contribution in [0.25, 0.3) is 0 Å². The highest BCUT2D eigenvalue weighted by Crippen LogP contribution is 2.25. The molecule has 2 aromatic rings. The molecule has 0 atom stereocenters. The maximum atomic E-state index is 13.0. The number of anilines is 1. The Hall–Kier alpha value is -1.74. The van der Waals surface area contributed by atoms with Crippen molar-refractivity contribution in [3.05, 3.63) is 45.6 Å². The fourth-order valence-electron chi connectivity index (χ4n) is 3.72. The van der Waals surface area contributed by atoms with Gasteiger partial charge in [-0.05, 0) is 70.4 Å². The molecule has 0 saturated carbocycles. The molecule has 1 N–H and O–H groups in total. The number of aryl methyl sites for hydroxylation is 2. The van der Waals surface area contributed by atoms with E-state index in [1.54, 1.807) is 33.8 Å². The van der Waals surface area contributed by atoms with E-state index in [9.17, 15) is 13.2 Å². The smallest absolute Gasteiger partial charge is 0.243 e. The highest BCUT2D eigenvalue weighted by molar-refractivity contribution is 7.89. The highest BCUT2D eigenvalue weighted by atomic mass is 32.2. The number of carbonyl (C=O) groups excluding carboxylic acids is 1. The Morgan fingerprint density at radius 3 is 2.45 bits per heavy atom. The van der Waals surface area contributed by atoms with E-state index in [0.29, 0.717) is 25.3 Å². The van der Waals surface area contributed by atoms with E-state index in [2.05, 4.69) is 43.1 Å². The second kappa shape index (κ2) is 10.3. The van der Waals surface area contributed by atoms with Crippen LogP contribution in [0.5, 0.6) is 0 Å². The molecule has 3 rings (SSSR count). The Morgan fingerprint density at radius 1 is 1.13 bits per heavy atom. The highest BCUT2D eigenvalue weighted by Gasteiger charge is 2.26.